The van der Waals surface area contributed by atoms with Gasteiger partial charge in [-0.25, -0.2) is 0 Å². The maximum atomic E-state index is 2.52. The SMILES string of the molecule is Cc1ccc2c(c1)C(c1ccccc1)(c1ccccc1)c1cc(N(c3ccc(-c4ccc(N(c5ccc6c(c5)C(C)(C)c5ccccc5-6)c5ccc6c(c5)C5(c7ccccc7-c7ccccc75)c5ccccc5-6)cc4)cc3)c3ccc4c(c3)C(c3ccccc3)(c3ccccc3)c3cc(C)ccc3-4)ccc1-2. The van der Waals surface area contributed by atoms with Crippen LogP contribution in [-0.4, -0.2) is 0 Å². The van der Waals surface area contributed by atoms with Gasteiger partial charge in [0.05, 0.1) is 16.2 Å². The summed E-state index contributed by atoms with van der Waals surface area (Å²) in [6.45, 7) is 9.24. The summed E-state index contributed by atoms with van der Waals surface area (Å²) in [6.07, 6.45) is 0. The summed E-state index contributed by atoms with van der Waals surface area (Å²) < 4.78 is 0. The van der Waals surface area contributed by atoms with E-state index in [1.165, 1.54) is 145 Å². The van der Waals surface area contributed by atoms with Gasteiger partial charge >= 0.3 is 0 Å². The Balaban J connectivity index is 0.730. The molecule has 1 spiro atoms. The smallest absolute Gasteiger partial charge is 0.0726 e. The van der Waals surface area contributed by atoms with E-state index in [1.54, 1.807) is 0 Å². The molecule has 2 nitrogen and oxygen atoms in total. The van der Waals surface area contributed by atoms with Crippen molar-refractivity contribution in [1.82, 2.24) is 0 Å². The van der Waals surface area contributed by atoms with E-state index < -0.39 is 16.2 Å². The first-order valence-electron chi connectivity index (χ1n) is 37.4. The van der Waals surface area contributed by atoms with Gasteiger partial charge in [-0.3, -0.25) is 0 Å². The van der Waals surface area contributed by atoms with Crippen molar-refractivity contribution in [3.05, 3.63) is 465 Å². The van der Waals surface area contributed by atoms with Gasteiger partial charge in [0.2, 0.25) is 0 Å². The zero-order valence-electron chi connectivity index (χ0n) is 59.7. The van der Waals surface area contributed by atoms with Crippen LogP contribution in [0.2, 0.25) is 0 Å². The first-order chi connectivity index (χ1) is 52.1. The minimum atomic E-state index is -0.605. The number of fused-ring (bicyclic) bond motifs is 19. The minimum Gasteiger partial charge on any atom is -0.310 e. The van der Waals surface area contributed by atoms with Gasteiger partial charge in [-0.2, -0.15) is 0 Å². The fourth-order valence-corrected chi connectivity index (χ4v) is 20.0. The molecule has 16 aromatic rings. The van der Waals surface area contributed by atoms with Crippen LogP contribution in [0.5, 0.6) is 0 Å². The third-order valence-corrected chi connectivity index (χ3v) is 24.5. The van der Waals surface area contributed by atoms with E-state index in [-0.39, 0.29) is 5.41 Å². The molecule has 106 heavy (non-hydrogen) atoms. The van der Waals surface area contributed by atoms with Crippen molar-refractivity contribution in [3.8, 4) is 66.8 Å². The number of hydrogen-bond acceptors (Lipinski definition) is 2. The van der Waals surface area contributed by atoms with Crippen LogP contribution in [0.4, 0.5) is 34.1 Å². The monoisotopic (exact) mass is 1350 g/mol. The standard InChI is InChI=1S/C104H74N2/c1-67-41-55-86-89-59-53-78(64-98(89)102(96(86)61-67,71-25-9-5-10-26-71)72-27-11-6-12-28-72)106(79-54-60-90-87-56-42-68(2)62-97(87)103(99(90)65-79,73-29-13-7-14-30-73)74-31-15-8-16-32-74)76-49-45-70(46-50-76)69-43-47-75(48-44-69)105(77-51-57-85-81-33-17-21-37-91(81)101(3,4)95(85)63-77)80-52-58-88-84-36-20-24-40-94(84)104(100(88)66-80)92-38-22-18-34-82(92)83-35-19-23-39-93(83)104/h5-66H,1-4H3. The van der Waals surface area contributed by atoms with Gasteiger partial charge in [-0.05, 0) is 231 Å². The van der Waals surface area contributed by atoms with Crippen molar-refractivity contribution in [3.63, 3.8) is 0 Å². The van der Waals surface area contributed by atoms with Gasteiger partial charge in [-0.15, -0.1) is 0 Å². The lowest BCUT2D eigenvalue weighted by molar-refractivity contribution is 0.660. The van der Waals surface area contributed by atoms with Crippen LogP contribution in [0.3, 0.4) is 0 Å². The first kappa shape index (κ1) is 61.8. The Hall–Kier alpha value is -12.9. The summed E-state index contributed by atoms with van der Waals surface area (Å²) in [6, 6.07) is 143. The van der Waals surface area contributed by atoms with Crippen LogP contribution in [0.15, 0.2) is 376 Å². The number of rotatable bonds is 11. The fraction of sp³-hybridized carbons (Fsp3) is 0.0769. The van der Waals surface area contributed by atoms with Crippen molar-refractivity contribution >= 4 is 34.1 Å². The average Bonchev–Trinajstić information content (AvgIpc) is 1.53. The zero-order chi connectivity index (χ0) is 70.6. The van der Waals surface area contributed by atoms with Crippen LogP contribution in [0, 0.1) is 13.8 Å². The highest BCUT2D eigenvalue weighted by Crippen LogP contribution is 2.65. The van der Waals surface area contributed by atoms with E-state index in [0.29, 0.717) is 0 Å². The molecule has 16 aromatic carbocycles. The van der Waals surface area contributed by atoms with E-state index in [1.807, 2.05) is 0 Å². The van der Waals surface area contributed by atoms with E-state index in [4.69, 9.17) is 0 Å². The van der Waals surface area contributed by atoms with Gasteiger partial charge < -0.3 is 9.80 Å². The molecular formula is C104H74N2. The van der Waals surface area contributed by atoms with E-state index >= 15 is 0 Å². The Morgan fingerprint density at radius 3 is 0.755 bits per heavy atom. The third-order valence-electron chi connectivity index (χ3n) is 24.5. The zero-order valence-corrected chi connectivity index (χ0v) is 59.7. The van der Waals surface area contributed by atoms with Crippen LogP contribution in [-0.2, 0) is 21.7 Å². The van der Waals surface area contributed by atoms with Crippen molar-refractivity contribution in [2.45, 2.75) is 49.4 Å². The van der Waals surface area contributed by atoms with Gasteiger partial charge in [0.15, 0.2) is 0 Å². The molecular weight excluding hydrogens is 1280 g/mol. The van der Waals surface area contributed by atoms with Gasteiger partial charge in [-0.1, -0.05) is 328 Å². The van der Waals surface area contributed by atoms with Crippen LogP contribution in [0.25, 0.3) is 66.8 Å². The molecule has 0 bridgehead atoms. The third kappa shape index (κ3) is 8.61. The van der Waals surface area contributed by atoms with Crippen molar-refractivity contribution in [2.75, 3.05) is 9.80 Å². The Labute approximate surface area is 621 Å². The Kier molecular flexibility index (Phi) is 13.6. The highest BCUT2D eigenvalue weighted by atomic mass is 15.1. The van der Waals surface area contributed by atoms with Crippen molar-refractivity contribution < 1.29 is 0 Å². The highest BCUT2D eigenvalue weighted by molar-refractivity contribution is 5.98. The molecule has 0 aromatic heterocycles. The maximum Gasteiger partial charge on any atom is 0.0726 e. The highest BCUT2D eigenvalue weighted by Gasteiger charge is 2.53. The average molecular weight is 1350 g/mol. The quantitative estimate of drug-likeness (QED) is 0.127. The van der Waals surface area contributed by atoms with Crippen molar-refractivity contribution in [2.24, 2.45) is 0 Å². The number of hydrogen-bond donors (Lipinski definition) is 0. The minimum absolute atomic E-state index is 0.193. The molecule has 2 heteroatoms. The normalized spacial score (nSPS) is 14.5. The summed E-state index contributed by atoms with van der Waals surface area (Å²) in [4.78, 5) is 5.03. The molecule has 0 amide bonds. The van der Waals surface area contributed by atoms with Crippen LogP contribution < -0.4 is 9.80 Å². The number of benzene rings is 16. The van der Waals surface area contributed by atoms with E-state index in [0.717, 1.165) is 45.3 Å². The lowest BCUT2D eigenvalue weighted by atomic mass is 9.67. The predicted molar refractivity (Wildman–Crippen MR) is 439 cm³/mol. The maximum absolute atomic E-state index is 2.52. The largest absolute Gasteiger partial charge is 0.310 e. The molecule has 0 aliphatic heterocycles. The number of nitrogens with zero attached hydrogens (tertiary/aromatic N) is 2. The van der Waals surface area contributed by atoms with Crippen molar-refractivity contribution in [1.29, 1.82) is 0 Å². The molecule has 0 radical (unpaired) electrons. The summed E-state index contributed by atoms with van der Waals surface area (Å²) in [5.74, 6) is 0. The molecule has 0 unspecified atom stereocenters. The fourth-order valence-electron chi connectivity index (χ4n) is 20.0. The van der Waals surface area contributed by atoms with E-state index in [9.17, 15) is 0 Å². The second kappa shape index (κ2) is 23.3. The first-order valence-corrected chi connectivity index (χ1v) is 37.4. The Morgan fingerprint density at radius 2 is 0.415 bits per heavy atom. The summed E-state index contributed by atoms with van der Waals surface area (Å²) in [5.41, 5.74) is 40.3. The number of anilines is 6. The molecule has 0 fully saturated rings. The van der Waals surface area contributed by atoms with Gasteiger partial charge in [0.1, 0.15) is 0 Å². The molecule has 21 rings (SSSR count). The summed E-state index contributed by atoms with van der Waals surface area (Å²) in [7, 11) is 0. The topological polar surface area (TPSA) is 6.48 Å². The molecule has 0 saturated carbocycles. The second-order valence-corrected chi connectivity index (χ2v) is 30.3. The molecule has 5 aliphatic carbocycles. The van der Waals surface area contributed by atoms with Crippen LogP contribution >= 0.6 is 0 Å². The van der Waals surface area contributed by atoms with Gasteiger partial charge in [0, 0.05) is 39.5 Å². The lowest BCUT2D eigenvalue weighted by Crippen LogP contribution is -2.29. The molecule has 0 heterocycles. The second-order valence-electron chi connectivity index (χ2n) is 30.3. The summed E-state index contributed by atoms with van der Waals surface area (Å²) in [5, 5.41) is 0. The van der Waals surface area contributed by atoms with E-state index in [2.05, 4.69) is 414 Å². The number of aryl methyl sites for hydroxylation is 2. The molecule has 5 aliphatic rings. The summed E-state index contributed by atoms with van der Waals surface area (Å²) >= 11 is 0. The molecule has 0 atom stereocenters. The molecule has 500 valence electrons. The van der Waals surface area contributed by atoms with Gasteiger partial charge in [0.25, 0.3) is 0 Å². The Morgan fingerprint density at radius 1 is 0.179 bits per heavy atom. The molecule has 0 saturated heterocycles. The van der Waals surface area contributed by atoms with Crippen LogP contribution in [0.1, 0.15) is 103 Å². The molecule has 0 N–H and O–H groups in total. The predicted octanol–water partition coefficient (Wildman–Crippen LogP) is 26.3. The Bertz CT molecular complexity index is 5910. The lowest BCUT2D eigenvalue weighted by Gasteiger charge is -2.36.